The molecule has 2 aromatic rings. The number of benzene rings is 1. The number of fused-ring (bicyclic) bond motifs is 1. The lowest BCUT2D eigenvalue weighted by Gasteiger charge is -1.99. The maximum absolute atomic E-state index is 10.5. The number of hydrogen-bond donors (Lipinski definition) is 1. The molecule has 0 fully saturated rings. The number of aromatic nitrogens is 2. The van der Waals surface area contributed by atoms with Crippen molar-refractivity contribution in [2.24, 2.45) is 7.05 Å². The van der Waals surface area contributed by atoms with E-state index >= 15 is 0 Å². The van der Waals surface area contributed by atoms with Crippen molar-refractivity contribution < 1.29 is 9.90 Å². The molecule has 0 aliphatic rings. The van der Waals surface area contributed by atoms with Crippen LogP contribution >= 0.6 is 11.8 Å². The number of nitrogens with zero attached hydrogens (tertiary/aromatic N) is 2. The highest BCUT2D eigenvalue weighted by Gasteiger charge is 2.09. The molecule has 2 rings (SSSR count). The monoisotopic (exact) mass is 236 g/mol. The maximum Gasteiger partial charge on any atom is 0.313 e. The summed E-state index contributed by atoms with van der Waals surface area (Å²) in [5, 5.41) is 9.37. The van der Waals surface area contributed by atoms with Crippen LogP contribution in [0.1, 0.15) is 5.56 Å². The highest BCUT2D eigenvalue weighted by Crippen LogP contribution is 2.23. The van der Waals surface area contributed by atoms with E-state index < -0.39 is 5.97 Å². The molecule has 5 heteroatoms. The second-order valence-electron chi connectivity index (χ2n) is 3.63. The summed E-state index contributed by atoms with van der Waals surface area (Å²) < 4.78 is 1.93. The van der Waals surface area contributed by atoms with Gasteiger partial charge in [0.15, 0.2) is 5.16 Å². The number of carboxylic acids is 1. The van der Waals surface area contributed by atoms with Crippen molar-refractivity contribution in [3.8, 4) is 0 Å². The molecular weight excluding hydrogens is 224 g/mol. The second-order valence-corrected chi connectivity index (χ2v) is 4.57. The molecule has 1 heterocycles. The van der Waals surface area contributed by atoms with Crippen LogP contribution in [0.5, 0.6) is 0 Å². The zero-order valence-corrected chi connectivity index (χ0v) is 9.91. The maximum atomic E-state index is 10.5. The smallest absolute Gasteiger partial charge is 0.313 e. The van der Waals surface area contributed by atoms with Crippen LogP contribution in [-0.4, -0.2) is 26.4 Å². The molecule has 84 valence electrons. The lowest BCUT2D eigenvalue weighted by atomic mass is 10.2. The van der Waals surface area contributed by atoms with Crippen LogP contribution in [-0.2, 0) is 11.8 Å². The molecule has 0 saturated carbocycles. The van der Waals surface area contributed by atoms with Gasteiger partial charge in [0.1, 0.15) is 0 Å². The van der Waals surface area contributed by atoms with E-state index in [0.29, 0.717) is 0 Å². The number of imidazole rings is 1. The summed E-state index contributed by atoms with van der Waals surface area (Å²) in [6.45, 7) is 2.02. The normalized spacial score (nSPS) is 10.9. The lowest BCUT2D eigenvalue weighted by molar-refractivity contribution is -0.133. The molecule has 1 N–H and O–H groups in total. The first-order valence-electron chi connectivity index (χ1n) is 4.85. The Hall–Kier alpha value is -1.49. The largest absolute Gasteiger partial charge is 0.481 e. The molecule has 0 spiro atoms. The molecular formula is C11H12N2O2S. The van der Waals surface area contributed by atoms with Gasteiger partial charge in [-0.25, -0.2) is 4.98 Å². The number of hydrogen-bond acceptors (Lipinski definition) is 3. The van der Waals surface area contributed by atoms with Crippen molar-refractivity contribution in [3.63, 3.8) is 0 Å². The Balaban J connectivity index is 2.40. The summed E-state index contributed by atoms with van der Waals surface area (Å²) in [7, 11) is 1.90. The van der Waals surface area contributed by atoms with E-state index in [4.69, 9.17) is 5.11 Å². The summed E-state index contributed by atoms with van der Waals surface area (Å²) in [5.74, 6) is -0.788. The van der Waals surface area contributed by atoms with Gasteiger partial charge in [-0.05, 0) is 24.6 Å². The molecule has 1 aromatic heterocycles. The van der Waals surface area contributed by atoms with Gasteiger partial charge in [-0.1, -0.05) is 17.8 Å². The van der Waals surface area contributed by atoms with Crippen LogP contribution in [0, 0.1) is 6.92 Å². The van der Waals surface area contributed by atoms with E-state index in [2.05, 4.69) is 4.98 Å². The summed E-state index contributed by atoms with van der Waals surface area (Å²) in [4.78, 5) is 14.9. The zero-order chi connectivity index (χ0) is 11.7. The Morgan fingerprint density at radius 3 is 3.00 bits per heavy atom. The third-order valence-corrected chi connectivity index (χ3v) is 3.33. The average molecular weight is 236 g/mol. The minimum atomic E-state index is -0.826. The molecule has 0 radical (unpaired) electrons. The number of carboxylic acid groups (broad SMARTS) is 1. The quantitative estimate of drug-likeness (QED) is 0.829. The van der Waals surface area contributed by atoms with Gasteiger partial charge in [0.2, 0.25) is 0 Å². The number of carbonyl (C=O) groups is 1. The Bertz CT molecular complexity index is 548. The minimum absolute atomic E-state index is 0.0378. The van der Waals surface area contributed by atoms with E-state index in [9.17, 15) is 4.79 Å². The predicted octanol–water partition coefficient (Wildman–Crippen LogP) is 2.06. The fourth-order valence-corrected chi connectivity index (χ4v) is 2.24. The van der Waals surface area contributed by atoms with Crippen molar-refractivity contribution in [3.05, 3.63) is 23.8 Å². The molecule has 0 aliphatic carbocycles. The van der Waals surface area contributed by atoms with Crippen LogP contribution in [0.2, 0.25) is 0 Å². The van der Waals surface area contributed by atoms with Crippen molar-refractivity contribution >= 4 is 28.8 Å². The lowest BCUT2D eigenvalue weighted by Crippen LogP contribution is -2.00. The molecule has 1 aromatic carbocycles. The fraction of sp³-hybridized carbons (Fsp3) is 0.273. The molecule has 0 atom stereocenters. The SMILES string of the molecule is Cc1ccc2nc(SCC(=O)O)n(C)c2c1. The third-order valence-electron chi connectivity index (χ3n) is 2.32. The first-order valence-corrected chi connectivity index (χ1v) is 5.84. The van der Waals surface area contributed by atoms with Crippen molar-refractivity contribution in [1.29, 1.82) is 0 Å². The van der Waals surface area contributed by atoms with Crippen molar-refractivity contribution in [2.75, 3.05) is 5.75 Å². The van der Waals surface area contributed by atoms with Crippen molar-refractivity contribution in [1.82, 2.24) is 9.55 Å². The van der Waals surface area contributed by atoms with Crippen molar-refractivity contribution in [2.45, 2.75) is 12.1 Å². The molecule has 0 amide bonds. The summed E-state index contributed by atoms with van der Waals surface area (Å²) >= 11 is 1.24. The number of aryl methyl sites for hydroxylation is 2. The highest BCUT2D eigenvalue weighted by atomic mass is 32.2. The Kier molecular flexibility index (Phi) is 2.87. The van der Waals surface area contributed by atoms with Gasteiger partial charge in [0.05, 0.1) is 16.8 Å². The van der Waals surface area contributed by atoms with E-state index in [0.717, 1.165) is 16.2 Å². The summed E-state index contributed by atoms with van der Waals surface area (Å²) in [6.07, 6.45) is 0. The van der Waals surface area contributed by atoms with Gasteiger partial charge in [-0.3, -0.25) is 4.79 Å². The van der Waals surface area contributed by atoms with E-state index in [1.165, 1.54) is 17.3 Å². The predicted molar refractivity (Wildman–Crippen MR) is 63.8 cm³/mol. The molecule has 0 saturated heterocycles. The van der Waals surface area contributed by atoms with E-state index in [-0.39, 0.29) is 5.75 Å². The highest BCUT2D eigenvalue weighted by molar-refractivity contribution is 7.99. The van der Waals surface area contributed by atoms with Gasteiger partial charge in [0.25, 0.3) is 0 Å². The topological polar surface area (TPSA) is 55.1 Å². The summed E-state index contributed by atoms with van der Waals surface area (Å²) in [5.41, 5.74) is 3.11. The van der Waals surface area contributed by atoms with E-state index in [1.54, 1.807) is 0 Å². The minimum Gasteiger partial charge on any atom is -0.481 e. The van der Waals surface area contributed by atoms with Crippen LogP contribution < -0.4 is 0 Å². The molecule has 0 bridgehead atoms. The van der Waals surface area contributed by atoms with Gasteiger partial charge >= 0.3 is 5.97 Å². The number of rotatable bonds is 3. The number of aliphatic carboxylic acids is 1. The number of thioether (sulfide) groups is 1. The van der Waals surface area contributed by atoms with Gasteiger partial charge in [-0.15, -0.1) is 0 Å². The Morgan fingerprint density at radius 2 is 2.31 bits per heavy atom. The van der Waals surface area contributed by atoms with Crippen LogP contribution in [0.4, 0.5) is 0 Å². The molecule has 0 unspecified atom stereocenters. The average Bonchev–Trinajstić information content (AvgIpc) is 2.53. The Morgan fingerprint density at radius 1 is 1.56 bits per heavy atom. The second kappa shape index (κ2) is 4.17. The molecule has 16 heavy (non-hydrogen) atoms. The van der Waals surface area contributed by atoms with Gasteiger partial charge < -0.3 is 9.67 Å². The summed E-state index contributed by atoms with van der Waals surface area (Å²) in [6, 6.07) is 6.00. The van der Waals surface area contributed by atoms with E-state index in [1.807, 2.05) is 36.7 Å². The zero-order valence-electron chi connectivity index (χ0n) is 9.10. The standard InChI is InChI=1S/C11H12N2O2S/c1-7-3-4-8-9(5-7)13(2)11(12-8)16-6-10(14)15/h3-5H,6H2,1-2H3,(H,14,15). The van der Waals surface area contributed by atoms with Crippen LogP contribution in [0.3, 0.4) is 0 Å². The van der Waals surface area contributed by atoms with Crippen LogP contribution in [0.25, 0.3) is 11.0 Å². The Labute approximate surface area is 97.3 Å². The molecule has 4 nitrogen and oxygen atoms in total. The van der Waals surface area contributed by atoms with Gasteiger partial charge in [-0.2, -0.15) is 0 Å². The first kappa shape index (κ1) is 11.0. The third kappa shape index (κ3) is 2.04. The first-order chi connectivity index (χ1) is 7.58. The molecule has 0 aliphatic heterocycles. The fourth-order valence-electron chi connectivity index (χ4n) is 1.53. The van der Waals surface area contributed by atoms with Crippen LogP contribution in [0.15, 0.2) is 23.4 Å². The van der Waals surface area contributed by atoms with Gasteiger partial charge in [0, 0.05) is 7.05 Å².